The normalized spacial score (nSPS) is 18.7. The van der Waals surface area contributed by atoms with E-state index in [4.69, 9.17) is 9.47 Å². The van der Waals surface area contributed by atoms with Gasteiger partial charge in [-0.25, -0.2) is 0 Å². The molecule has 2 aliphatic heterocycles. The van der Waals surface area contributed by atoms with E-state index in [0.717, 1.165) is 12.1 Å². The summed E-state index contributed by atoms with van der Waals surface area (Å²) in [6.45, 7) is 1.00. The quantitative estimate of drug-likeness (QED) is 0.851. The number of carbonyl (C=O) groups is 2. The van der Waals surface area contributed by atoms with Crippen molar-refractivity contribution in [3.63, 3.8) is 0 Å². The number of rotatable bonds is 3. The number of anilines is 1. The van der Waals surface area contributed by atoms with E-state index in [9.17, 15) is 22.8 Å². The minimum atomic E-state index is -4.64. The number of nitrogens with zero attached hydrogens (tertiary/aromatic N) is 1. The molecule has 0 bridgehead atoms. The average Bonchev–Trinajstić information content (AvgIpc) is 3.07. The van der Waals surface area contributed by atoms with Gasteiger partial charge in [0.05, 0.1) is 17.2 Å². The summed E-state index contributed by atoms with van der Waals surface area (Å²) >= 11 is 0. The Labute approximate surface area is 164 Å². The zero-order chi connectivity index (χ0) is 20.6. The molecule has 29 heavy (non-hydrogen) atoms. The van der Waals surface area contributed by atoms with Crippen molar-refractivity contribution in [2.24, 2.45) is 0 Å². The maximum absolute atomic E-state index is 13.1. The summed E-state index contributed by atoms with van der Waals surface area (Å²) in [5, 5.41) is 2.54. The van der Waals surface area contributed by atoms with Crippen molar-refractivity contribution < 1.29 is 32.2 Å². The minimum Gasteiger partial charge on any atom is -0.486 e. The van der Waals surface area contributed by atoms with Crippen LogP contribution in [0.1, 0.15) is 22.3 Å². The first-order valence-electron chi connectivity index (χ1n) is 9.00. The van der Waals surface area contributed by atoms with Crippen LogP contribution >= 0.6 is 0 Å². The highest BCUT2D eigenvalue weighted by Crippen LogP contribution is 2.35. The third-order valence-corrected chi connectivity index (χ3v) is 4.77. The van der Waals surface area contributed by atoms with Crippen LogP contribution in [0.25, 0.3) is 0 Å². The Hall–Kier alpha value is -3.23. The van der Waals surface area contributed by atoms with Crippen LogP contribution in [0.4, 0.5) is 18.9 Å². The lowest BCUT2D eigenvalue weighted by molar-refractivity contribution is -0.138. The second-order valence-corrected chi connectivity index (χ2v) is 6.75. The molecular formula is C20H17F3N2O4. The van der Waals surface area contributed by atoms with Gasteiger partial charge >= 0.3 is 6.18 Å². The minimum absolute atomic E-state index is 0.00559. The molecule has 1 saturated heterocycles. The molecule has 2 heterocycles. The van der Waals surface area contributed by atoms with Crippen LogP contribution in [0.5, 0.6) is 11.5 Å². The average molecular weight is 406 g/mol. The van der Waals surface area contributed by atoms with Gasteiger partial charge in [-0.15, -0.1) is 0 Å². The number of ether oxygens (including phenoxy) is 2. The van der Waals surface area contributed by atoms with E-state index < -0.39 is 29.3 Å². The number of hydrogen-bond acceptors (Lipinski definition) is 4. The Bertz CT molecular complexity index is 961. The number of alkyl halides is 3. The molecule has 0 aliphatic carbocycles. The van der Waals surface area contributed by atoms with Gasteiger partial charge in [0.2, 0.25) is 5.91 Å². The van der Waals surface area contributed by atoms with Crippen LogP contribution in [-0.4, -0.2) is 37.6 Å². The summed E-state index contributed by atoms with van der Waals surface area (Å²) < 4.78 is 50.4. The van der Waals surface area contributed by atoms with E-state index in [-0.39, 0.29) is 18.9 Å². The van der Waals surface area contributed by atoms with Crippen molar-refractivity contribution in [1.82, 2.24) is 5.32 Å². The van der Waals surface area contributed by atoms with Gasteiger partial charge in [0, 0.05) is 24.7 Å². The monoisotopic (exact) mass is 406 g/mol. The molecule has 0 spiro atoms. The number of amides is 2. The predicted molar refractivity (Wildman–Crippen MR) is 97.1 cm³/mol. The largest absolute Gasteiger partial charge is 0.486 e. The van der Waals surface area contributed by atoms with Gasteiger partial charge in [0.15, 0.2) is 11.5 Å². The molecule has 2 aliphatic rings. The van der Waals surface area contributed by atoms with Crippen molar-refractivity contribution in [3.8, 4) is 11.5 Å². The molecule has 0 radical (unpaired) electrons. The fourth-order valence-electron chi connectivity index (χ4n) is 3.45. The van der Waals surface area contributed by atoms with E-state index in [0.29, 0.717) is 30.4 Å². The summed E-state index contributed by atoms with van der Waals surface area (Å²) in [6, 6.07) is 9.04. The SMILES string of the molecule is O=C(NC1CC(=O)N(c2ccc3c(c2)OCCO3)C1)c1ccccc1C(F)(F)F. The lowest BCUT2D eigenvalue weighted by Crippen LogP contribution is -2.38. The Morgan fingerprint density at radius 1 is 1.07 bits per heavy atom. The molecule has 1 N–H and O–H groups in total. The molecule has 1 atom stereocenters. The molecule has 0 saturated carbocycles. The smallest absolute Gasteiger partial charge is 0.417 e. The van der Waals surface area contributed by atoms with Crippen molar-refractivity contribution in [2.45, 2.75) is 18.6 Å². The summed E-state index contributed by atoms with van der Waals surface area (Å²) in [5.41, 5.74) is -0.901. The van der Waals surface area contributed by atoms with Crippen LogP contribution in [0, 0.1) is 0 Å². The molecule has 0 aromatic heterocycles. The number of carbonyl (C=O) groups excluding carboxylic acids is 2. The number of hydrogen-bond donors (Lipinski definition) is 1. The van der Waals surface area contributed by atoms with E-state index in [2.05, 4.69) is 5.32 Å². The molecule has 2 amide bonds. The van der Waals surface area contributed by atoms with Crippen LogP contribution in [-0.2, 0) is 11.0 Å². The Morgan fingerprint density at radius 3 is 2.55 bits per heavy atom. The summed E-state index contributed by atoms with van der Waals surface area (Å²) in [5.74, 6) is 0.00392. The zero-order valence-corrected chi connectivity index (χ0v) is 15.2. The Morgan fingerprint density at radius 2 is 1.79 bits per heavy atom. The highest BCUT2D eigenvalue weighted by atomic mass is 19.4. The standard InChI is InChI=1S/C20H17F3N2O4/c21-20(22,23)15-4-2-1-3-14(15)19(27)24-12-9-18(26)25(11-12)13-5-6-16-17(10-13)29-8-7-28-16/h1-6,10,12H,7-9,11H2,(H,24,27). The molecule has 2 aromatic rings. The van der Waals surface area contributed by atoms with Gasteiger partial charge in [0.1, 0.15) is 13.2 Å². The number of halogens is 3. The molecule has 4 rings (SSSR count). The van der Waals surface area contributed by atoms with Gasteiger partial charge in [-0.05, 0) is 24.3 Å². The number of fused-ring (bicyclic) bond motifs is 1. The Kier molecular flexibility index (Phi) is 4.81. The van der Waals surface area contributed by atoms with Crippen LogP contribution < -0.4 is 19.7 Å². The zero-order valence-electron chi connectivity index (χ0n) is 15.2. The van der Waals surface area contributed by atoms with Gasteiger partial charge < -0.3 is 19.7 Å². The first-order valence-corrected chi connectivity index (χ1v) is 9.00. The lowest BCUT2D eigenvalue weighted by Gasteiger charge is -2.22. The fraction of sp³-hybridized carbons (Fsp3) is 0.300. The van der Waals surface area contributed by atoms with Crippen LogP contribution in [0.2, 0.25) is 0 Å². The Balaban J connectivity index is 1.49. The van der Waals surface area contributed by atoms with Gasteiger partial charge in [-0.3, -0.25) is 9.59 Å². The summed E-state index contributed by atoms with van der Waals surface area (Å²) in [6.07, 6.45) is -4.65. The van der Waals surface area contributed by atoms with Crippen molar-refractivity contribution in [2.75, 3.05) is 24.7 Å². The van der Waals surface area contributed by atoms with E-state index in [1.54, 1.807) is 18.2 Å². The molecule has 9 heteroatoms. The highest BCUT2D eigenvalue weighted by Gasteiger charge is 2.37. The third kappa shape index (κ3) is 3.85. The second-order valence-electron chi connectivity index (χ2n) is 6.75. The molecule has 1 fully saturated rings. The molecule has 1 unspecified atom stereocenters. The molecule has 6 nitrogen and oxygen atoms in total. The molecular weight excluding hydrogens is 389 g/mol. The van der Waals surface area contributed by atoms with Gasteiger partial charge in [0.25, 0.3) is 5.91 Å². The van der Waals surface area contributed by atoms with Crippen LogP contribution in [0.15, 0.2) is 42.5 Å². The molecule has 152 valence electrons. The first-order chi connectivity index (χ1) is 13.8. The fourth-order valence-corrected chi connectivity index (χ4v) is 3.45. The lowest BCUT2D eigenvalue weighted by atomic mass is 10.1. The number of benzene rings is 2. The van der Waals surface area contributed by atoms with Crippen molar-refractivity contribution >= 4 is 17.5 Å². The first kappa shape index (κ1) is 19.1. The van der Waals surface area contributed by atoms with E-state index in [1.807, 2.05) is 0 Å². The maximum Gasteiger partial charge on any atom is 0.417 e. The van der Waals surface area contributed by atoms with E-state index >= 15 is 0 Å². The predicted octanol–water partition coefficient (Wildman–Crippen LogP) is 3.01. The third-order valence-electron chi connectivity index (χ3n) is 4.77. The summed E-state index contributed by atoms with van der Waals surface area (Å²) in [4.78, 5) is 26.3. The number of nitrogens with one attached hydrogen (secondary N) is 1. The van der Waals surface area contributed by atoms with Crippen molar-refractivity contribution in [1.29, 1.82) is 0 Å². The topological polar surface area (TPSA) is 67.9 Å². The highest BCUT2D eigenvalue weighted by molar-refractivity contribution is 5.99. The van der Waals surface area contributed by atoms with Gasteiger partial charge in [-0.2, -0.15) is 13.2 Å². The summed E-state index contributed by atoms with van der Waals surface area (Å²) in [7, 11) is 0. The maximum atomic E-state index is 13.1. The van der Waals surface area contributed by atoms with Gasteiger partial charge in [-0.1, -0.05) is 12.1 Å². The van der Waals surface area contributed by atoms with E-state index in [1.165, 1.54) is 17.0 Å². The van der Waals surface area contributed by atoms with Crippen molar-refractivity contribution in [3.05, 3.63) is 53.6 Å². The van der Waals surface area contributed by atoms with Crippen LogP contribution in [0.3, 0.4) is 0 Å². The molecule has 2 aromatic carbocycles. The second kappa shape index (κ2) is 7.31.